The van der Waals surface area contributed by atoms with E-state index in [9.17, 15) is 0 Å². The van der Waals surface area contributed by atoms with Gasteiger partial charge in [0.1, 0.15) is 5.01 Å². The lowest BCUT2D eigenvalue weighted by molar-refractivity contribution is 0.324. The Morgan fingerprint density at radius 1 is 0.889 bits per heavy atom. The molecule has 0 spiro atoms. The molecule has 0 saturated heterocycles. The molecule has 1 heterocycles. The summed E-state index contributed by atoms with van der Waals surface area (Å²) in [5.41, 5.74) is 2.92. The Bertz CT molecular complexity index is 943. The van der Waals surface area contributed by atoms with E-state index in [-0.39, 0.29) is 0 Å². The Hall–Kier alpha value is -1.83. The van der Waals surface area contributed by atoms with Crippen LogP contribution in [0.1, 0.15) is 10.6 Å². The van der Waals surface area contributed by atoms with Crippen LogP contribution < -0.4 is 14.2 Å². The van der Waals surface area contributed by atoms with Crippen molar-refractivity contribution < 1.29 is 14.2 Å². The maximum Gasteiger partial charge on any atom is 0.203 e. The molecule has 27 heavy (non-hydrogen) atoms. The van der Waals surface area contributed by atoms with Crippen molar-refractivity contribution in [2.75, 3.05) is 21.3 Å². The fourth-order valence-electron chi connectivity index (χ4n) is 2.54. The van der Waals surface area contributed by atoms with Crippen LogP contribution in [-0.2, 0) is 0 Å². The molecule has 0 unspecified atom stereocenters. The SMILES string of the molecule is COc1cc(C=Cc2nc(-c3ccc(Br)cc3)c(Br)s2)cc(OC)c1OC. The van der Waals surface area contributed by atoms with Gasteiger partial charge in [-0.3, -0.25) is 0 Å². The standard InChI is InChI=1S/C20H17Br2NO3S/c1-24-15-10-12(11-16(25-2)19(15)26-3)4-9-17-23-18(20(22)27-17)13-5-7-14(21)8-6-13/h4-11H,1-3H3. The highest BCUT2D eigenvalue weighted by Gasteiger charge is 2.13. The Morgan fingerprint density at radius 3 is 2.07 bits per heavy atom. The molecule has 2 aromatic carbocycles. The fraction of sp³-hybridized carbons (Fsp3) is 0.150. The average molecular weight is 511 g/mol. The smallest absolute Gasteiger partial charge is 0.203 e. The molecule has 0 radical (unpaired) electrons. The van der Waals surface area contributed by atoms with E-state index in [1.165, 1.54) is 0 Å². The van der Waals surface area contributed by atoms with Crippen LogP contribution in [0.4, 0.5) is 0 Å². The minimum absolute atomic E-state index is 0.576. The second-order valence-electron chi connectivity index (χ2n) is 5.47. The van der Waals surface area contributed by atoms with E-state index >= 15 is 0 Å². The minimum Gasteiger partial charge on any atom is -0.493 e. The van der Waals surface area contributed by atoms with Gasteiger partial charge in [0.2, 0.25) is 5.75 Å². The van der Waals surface area contributed by atoms with Gasteiger partial charge in [-0.15, -0.1) is 11.3 Å². The molecule has 3 rings (SSSR count). The highest BCUT2D eigenvalue weighted by atomic mass is 79.9. The number of aromatic nitrogens is 1. The Kier molecular flexibility index (Phi) is 6.57. The Balaban J connectivity index is 1.90. The zero-order valence-electron chi connectivity index (χ0n) is 15.0. The molecule has 0 atom stereocenters. The predicted octanol–water partition coefficient (Wildman–Crippen LogP) is 6.53. The van der Waals surface area contributed by atoms with Gasteiger partial charge in [-0.2, -0.15) is 0 Å². The van der Waals surface area contributed by atoms with Gasteiger partial charge in [-0.25, -0.2) is 4.98 Å². The van der Waals surface area contributed by atoms with Crippen LogP contribution in [0.25, 0.3) is 23.4 Å². The van der Waals surface area contributed by atoms with Gasteiger partial charge in [-0.05, 0) is 51.8 Å². The summed E-state index contributed by atoms with van der Waals surface area (Å²) >= 11 is 8.65. The number of rotatable bonds is 6. The number of hydrogen-bond donors (Lipinski definition) is 0. The summed E-state index contributed by atoms with van der Waals surface area (Å²) in [7, 11) is 4.80. The highest BCUT2D eigenvalue weighted by molar-refractivity contribution is 9.11. The third kappa shape index (κ3) is 4.54. The molecule has 0 saturated carbocycles. The van der Waals surface area contributed by atoms with E-state index in [0.717, 1.165) is 30.1 Å². The molecular formula is C20H17Br2NO3S. The molecule has 0 fully saturated rings. The number of hydrogen-bond acceptors (Lipinski definition) is 5. The zero-order valence-corrected chi connectivity index (χ0v) is 18.9. The normalized spacial score (nSPS) is 11.0. The molecule has 0 aliphatic carbocycles. The Labute approximate surface area is 179 Å². The van der Waals surface area contributed by atoms with Gasteiger partial charge in [0.05, 0.1) is 30.8 Å². The van der Waals surface area contributed by atoms with Gasteiger partial charge in [-0.1, -0.05) is 34.1 Å². The van der Waals surface area contributed by atoms with Crippen LogP contribution in [0.3, 0.4) is 0 Å². The lowest BCUT2D eigenvalue weighted by Crippen LogP contribution is -1.95. The van der Waals surface area contributed by atoms with E-state index in [1.807, 2.05) is 48.6 Å². The van der Waals surface area contributed by atoms with Gasteiger partial charge in [0, 0.05) is 10.0 Å². The summed E-state index contributed by atoms with van der Waals surface area (Å²) in [5.74, 6) is 1.81. The van der Waals surface area contributed by atoms with Crippen molar-refractivity contribution in [2.24, 2.45) is 0 Å². The number of nitrogens with zero attached hydrogens (tertiary/aromatic N) is 1. The molecule has 7 heteroatoms. The summed E-state index contributed by atoms with van der Waals surface area (Å²) < 4.78 is 18.2. The number of halogens is 2. The third-order valence-corrected chi connectivity index (χ3v) is 6.02. The molecule has 0 aliphatic rings. The predicted molar refractivity (Wildman–Crippen MR) is 118 cm³/mol. The van der Waals surface area contributed by atoms with Crippen LogP contribution >= 0.6 is 43.2 Å². The summed E-state index contributed by atoms with van der Waals surface area (Å²) in [6.07, 6.45) is 3.94. The summed E-state index contributed by atoms with van der Waals surface area (Å²) in [6, 6.07) is 11.9. The fourth-order valence-corrected chi connectivity index (χ4v) is 4.34. The minimum atomic E-state index is 0.576. The van der Waals surface area contributed by atoms with Crippen LogP contribution in [0.15, 0.2) is 44.7 Å². The first kappa shape index (κ1) is 19.9. The molecule has 0 bridgehead atoms. The molecule has 4 nitrogen and oxygen atoms in total. The monoisotopic (exact) mass is 509 g/mol. The van der Waals surface area contributed by atoms with Crippen molar-refractivity contribution in [3.05, 3.63) is 55.2 Å². The molecule has 3 aromatic rings. The Morgan fingerprint density at radius 2 is 1.52 bits per heavy atom. The molecule has 1 aromatic heterocycles. The number of thiazole rings is 1. The number of methoxy groups -OCH3 is 3. The first-order valence-electron chi connectivity index (χ1n) is 7.96. The van der Waals surface area contributed by atoms with Gasteiger partial charge in [0.25, 0.3) is 0 Å². The molecule has 0 amide bonds. The van der Waals surface area contributed by atoms with Gasteiger partial charge in [0.15, 0.2) is 11.5 Å². The molecule has 140 valence electrons. The largest absolute Gasteiger partial charge is 0.493 e. The first-order chi connectivity index (χ1) is 13.0. The summed E-state index contributed by atoms with van der Waals surface area (Å²) in [4.78, 5) is 4.73. The molecular weight excluding hydrogens is 494 g/mol. The van der Waals surface area contributed by atoms with E-state index in [1.54, 1.807) is 32.7 Å². The lowest BCUT2D eigenvalue weighted by atomic mass is 10.1. The van der Waals surface area contributed by atoms with Crippen molar-refractivity contribution in [3.8, 4) is 28.5 Å². The van der Waals surface area contributed by atoms with Crippen molar-refractivity contribution in [2.45, 2.75) is 0 Å². The maximum atomic E-state index is 5.40. The zero-order chi connectivity index (χ0) is 19.4. The van der Waals surface area contributed by atoms with Crippen molar-refractivity contribution >= 4 is 55.3 Å². The maximum absolute atomic E-state index is 5.40. The highest BCUT2D eigenvalue weighted by Crippen LogP contribution is 2.39. The molecule has 0 aliphatic heterocycles. The van der Waals surface area contributed by atoms with Crippen LogP contribution in [0, 0.1) is 0 Å². The van der Waals surface area contributed by atoms with Crippen molar-refractivity contribution in [3.63, 3.8) is 0 Å². The van der Waals surface area contributed by atoms with Gasteiger partial charge >= 0.3 is 0 Å². The first-order valence-corrected chi connectivity index (χ1v) is 10.4. The topological polar surface area (TPSA) is 40.6 Å². The van der Waals surface area contributed by atoms with E-state index in [4.69, 9.17) is 19.2 Å². The van der Waals surface area contributed by atoms with Crippen LogP contribution in [0.2, 0.25) is 0 Å². The summed E-state index contributed by atoms with van der Waals surface area (Å²) in [5, 5.41) is 0.897. The second kappa shape index (κ2) is 8.91. The number of benzene rings is 2. The van der Waals surface area contributed by atoms with Crippen molar-refractivity contribution in [1.29, 1.82) is 0 Å². The van der Waals surface area contributed by atoms with Gasteiger partial charge < -0.3 is 14.2 Å². The van der Waals surface area contributed by atoms with E-state index < -0.39 is 0 Å². The quantitative estimate of drug-likeness (QED) is 0.378. The number of ether oxygens (including phenoxy) is 3. The second-order valence-corrected chi connectivity index (χ2v) is 8.74. The van der Waals surface area contributed by atoms with Crippen LogP contribution in [-0.4, -0.2) is 26.3 Å². The van der Waals surface area contributed by atoms with E-state index in [0.29, 0.717) is 17.2 Å². The third-order valence-electron chi connectivity index (χ3n) is 3.83. The van der Waals surface area contributed by atoms with Crippen LogP contribution in [0.5, 0.6) is 17.2 Å². The molecule has 0 N–H and O–H groups in total. The average Bonchev–Trinajstić information content (AvgIpc) is 3.06. The lowest BCUT2D eigenvalue weighted by Gasteiger charge is -2.12. The van der Waals surface area contributed by atoms with E-state index in [2.05, 4.69) is 31.9 Å². The summed E-state index contributed by atoms with van der Waals surface area (Å²) in [6.45, 7) is 0. The van der Waals surface area contributed by atoms with Crippen molar-refractivity contribution in [1.82, 2.24) is 4.98 Å².